The number of rotatable bonds is 13. The largest absolute Gasteiger partial charge is 0.474 e. The first-order valence-corrected chi connectivity index (χ1v) is 15.1. The number of hydrogen-bond acceptors (Lipinski definition) is 6. The maximum atomic E-state index is 14.1. The Morgan fingerprint density at radius 3 is 2.17 bits per heavy atom. The molecule has 3 rings (SSSR count). The third kappa shape index (κ3) is 10.6. The van der Waals surface area contributed by atoms with Crippen LogP contribution in [0.4, 0.5) is 4.39 Å². The van der Waals surface area contributed by atoms with Gasteiger partial charge in [0.05, 0.1) is 26.2 Å². The highest BCUT2D eigenvalue weighted by molar-refractivity contribution is 7.48. The summed E-state index contributed by atoms with van der Waals surface area (Å²) in [7, 11) is -3.51. The lowest BCUT2D eigenvalue weighted by atomic mass is 10.00. The summed E-state index contributed by atoms with van der Waals surface area (Å²) in [6.45, 7) is 14.6. The van der Waals surface area contributed by atoms with E-state index >= 15 is 0 Å². The van der Waals surface area contributed by atoms with Crippen molar-refractivity contribution in [1.82, 2.24) is 5.32 Å². The molecule has 0 fully saturated rings. The van der Waals surface area contributed by atoms with Gasteiger partial charge in [0.1, 0.15) is 12.6 Å². The SMILES string of the molecule is C=O.CC.CCOP(=O)(OCC)OCCCCNC(=O)CC1=C(C)/C(=C/c2ccc(C)cc2)c2ccc(F)cc21. The number of fused-ring (bicyclic) bond motifs is 1. The Balaban J connectivity index is 0.00000191. The summed E-state index contributed by atoms with van der Waals surface area (Å²) in [5, 5.41) is 2.92. The number of unbranched alkanes of at least 4 members (excludes halogenated alkanes) is 1. The van der Waals surface area contributed by atoms with Gasteiger partial charge in [-0.1, -0.05) is 49.7 Å². The number of halogens is 1. The molecule has 2 aromatic rings. The Morgan fingerprint density at radius 1 is 0.950 bits per heavy atom. The monoisotopic (exact) mass is 575 g/mol. The van der Waals surface area contributed by atoms with Crippen molar-refractivity contribution in [3.8, 4) is 0 Å². The molecular formula is C31H43FNO6P. The Kier molecular flexibility index (Phi) is 16.2. The van der Waals surface area contributed by atoms with Gasteiger partial charge in [-0.15, -0.1) is 0 Å². The summed E-state index contributed by atoms with van der Waals surface area (Å²) in [5.74, 6) is -0.459. The standard InChI is InChI=1S/C28H35FNO5P.C2H6.CH2O/c1-5-33-36(32,34-6-2)35-16-8-7-15-30-28(31)19-26-21(4)25(17-22-11-9-20(3)10-12-22)24-14-13-23(29)18-27(24)26;2*1-2/h9-14,17-18H,5-8,15-16,19H2,1-4H3,(H,30,31);1-2H3;1H2/b25-17-;;. The highest BCUT2D eigenvalue weighted by Crippen LogP contribution is 2.49. The van der Waals surface area contributed by atoms with E-state index in [2.05, 4.69) is 35.7 Å². The van der Waals surface area contributed by atoms with Crippen LogP contribution in [0.1, 0.15) is 76.1 Å². The van der Waals surface area contributed by atoms with Crippen molar-refractivity contribution in [1.29, 1.82) is 0 Å². The maximum Gasteiger partial charge on any atom is 0.474 e. The van der Waals surface area contributed by atoms with Crippen LogP contribution in [0.15, 0.2) is 48.0 Å². The van der Waals surface area contributed by atoms with Gasteiger partial charge in [-0.05, 0) is 92.2 Å². The average molecular weight is 576 g/mol. The molecule has 1 N–H and O–H groups in total. The molecule has 9 heteroatoms. The number of allylic oxidation sites excluding steroid dienone is 2. The topological polar surface area (TPSA) is 90.9 Å². The zero-order valence-electron chi connectivity index (χ0n) is 24.6. The van der Waals surface area contributed by atoms with Crippen LogP contribution in [0.5, 0.6) is 0 Å². The summed E-state index contributed by atoms with van der Waals surface area (Å²) in [6.07, 6.45) is 3.48. The first-order valence-electron chi connectivity index (χ1n) is 13.6. The van der Waals surface area contributed by atoms with Crippen molar-refractivity contribution in [3.63, 3.8) is 0 Å². The summed E-state index contributed by atoms with van der Waals surface area (Å²) >= 11 is 0. The smallest absolute Gasteiger partial charge is 0.356 e. The van der Waals surface area contributed by atoms with Gasteiger partial charge >= 0.3 is 7.82 Å². The Bertz CT molecular complexity index is 1180. The van der Waals surface area contributed by atoms with Gasteiger partial charge in [-0.2, -0.15) is 0 Å². The number of carbonyl (C=O) groups excluding carboxylic acids is 2. The molecule has 0 saturated heterocycles. The van der Waals surface area contributed by atoms with Crippen molar-refractivity contribution in [2.75, 3.05) is 26.4 Å². The van der Waals surface area contributed by atoms with E-state index < -0.39 is 7.82 Å². The lowest BCUT2D eigenvalue weighted by molar-refractivity contribution is -0.120. The predicted molar refractivity (Wildman–Crippen MR) is 160 cm³/mol. The van der Waals surface area contributed by atoms with Crippen LogP contribution in [0.2, 0.25) is 0 Å². The van der Waals surface area contributed by atoms with Crippen LogP contribution in [0, 0.1) is 12.7 Å². The van der Waals surface area contributed by atoms with Gasteiger partial charge in [-0.3, -0.25) is 18.4 Å². The highest BCUT2D eigenvalue weighted by Gasteiger charge is 2.26. The molecule has 2 aromatic carbocycles. The number of amides is 1. The van der Waals surface area contributed by atoms with Crippen molar-refractivity contribution < 1.29 is 32.1 Å². The van der Waals surface area contributed by atoms with Crippen LogP contribution in [0.3, 0.4) is 0 Å². The molecule has 0 radical (unpaired) electrons. The Labute approximate surface area is 238 Å². The fourth-order valence-corrected chi connectivity index (χ4v) is 5.30. The fraction of sp³-hybridized carbons (Fsp3) is 0.419. The molecule has 0 bridgehead atoms. The van der Waals surface area contributed by atoms with Crippen molar-refractivity contribution >= 4 is 37.7 Å². The number of benzene rings is 2. The minimum absolute atomic E-state index is 0.133. The van der Waals surface area contributed by atoms with E-state index in [0.717, 1.165) is 33.4 Å². The Morgan fingerprint density at radius 2 is 1.57 bits per heavy atom. The zero-order chi connectivity index (χ0) is 30.1. The normalized spacial score (nSPS) is 13.2. The minimum atomic E-state index is -3.51. The molecule has 1 amide bonds. The summed E-state index contributed by atoms with van der Waals surface area (Å²) in [5.41, 5.74) is 6.73. The molecule has 0 unspecified atom stereocenters. The van der Waals surface area contributed by atoms with Gasteiger partial charge in [0.25, 0.3) is 0 Å². The van der Waals surface area contributed by atoms with Gasteiger partial charge < -0.3 is 10.1 Å². The van der Waals surface area contributed by atoms with Gasteiger partial charge in [-0.25, -0.2) is 8.96 Å². The van der Waals surface area contributed by atoms with Crippen molar-refractivity contribution in [3.05, 3.63) is 76.1 Å². The van der Waals surface area contributed by atoms with Gasteiger partial charge in [0.2, 0.25) is 5.91 Å². The lowest BCUT2D eigenvalue weighted by Crippen LogP contribution is -2.24. The molecule has 0 saturated carbocycles. The summed E-state index contributed by atoms with van der Waals surface area (Å²) in [6, 6.07) is 12.9. The molecule has 1 aliphatic rings. The summed E-state index contributed by atoms with van der Waals surface area (Å²) in [4.78, 5) is 20.7. The number of hydrogen-bond donors (Lipinski definition) is 1. The van der Waals surface area contributed by atoms with Crippen LogP contribution in [-0.4, -0.2) is 39.1 Å². The molecule has 40 heavy (non-hydrogen) atoms. The summed E-state index contributed by atoms with van der Waals surface area (Å²) < 4.78 is 41.9. The predicted octanol–water partition coefficient (Wildman–Crippen LogP) is 7.79. The third-order valence-electron chi connectivity index (χ3n) is 5.90. The molecule has 0 aromatic heterocycles. The molecule has 7 nitrogen and oxygen atoms in total. The van der Waals surface area contributed by atoms with E-state index in [1.54, 1.807) is 19.9 Å². The van der Waals surface area contributed by atoms with Crippen LogP contribution in [-0.2, 0) is 27.7 Å². The molecule has 0 heterocycles. The average Bonchev–Trinajstić information content (AvgIpc) is 3.19. The van der Waals surface area contributed by atoms with Gasteiger partial charge in [0.15, 0.2) is 0 Å². The van der Waals surface area contributed by atoms with E-state index in [1.807, 2.05) is 34.5 Å². The van der Waals surface area contributed by atoms with Crippen molar-refractivity contribution in [2.45, 2.75) is 60.8 Å². The number of carbonyl (C=O) groups is 2. The number of aryl methyl sites for hydroxylation is 1. The second-order valence-corrected chi connectivity index (χ2v) is 10.3. The number of phosphoric acid groups is 1. The molecule has 220 valence electrons. The quantitative estimate of drug-likeness (QED) is 0.194. The number of phosphoric ester groups is 1. The molecule has 0 aliphatic heterocycles. The first kappa shape index (κ1) is 35.1. The van der Waals surface area contributed by atoms with E-state index in [0.29, 0.717) is 19.4 Å². The molecule has 0 atom stereocenters. The molecular weight excluding hydrogens is 532 g/mol. The molecule has 0 spiro atoms. The van der Waals surface area contributed by atoms with E-state index in [1.165, 1.54) is 17.7 Å². The van der Waals surface area contributed by atoms with E-state index in [9.17, 15) is 13.8 Å². The van der Waals surface area contributed by atoms with E-state index in [4.69, 9.17) is 18.4 Å². The van der Waals surface area contributed by atoms with Gasteiger partial charge in [0, 0.05) is 6.54 Å². The van der Waals surface area contributed by atoms with Crippen LogP contribution >= 0.6 is 7.82 Å². The molecule has 1 aliphatic carbocycles. The second-order valence-electron chi connectivity index (χ2n) is 8.61. The third-order valence-corrected chi connectivity index (χ3v) is 7.54. The van der Waals surface area contributed by atoms with Crippen LogP contribution in [0.25, 0.3) is 17.2 Å². The highest BCUT2D eigenvalue weighted by atomic mass is 31.2. The zero-order valence-corrected chi connectivity index (χ0v) is 25.4. The fourth-order valence-electron chi connectivity index (χ4n) is 4.09. The lowest BCUT2D eigenvalue weighted by Gasteiger charge is -2.16. The van der Waals surface area contributed by atoms with Crippen molar-refractivity contribution in [2.24, 2.45) is 0 Å². The second kappa shape index (κ2) is 18.4. The van der Waals surface area contributed by atoms with Crippen LogP contribution < -0.4 is 5.32 Å². The van der Waals surface area contributed by atoms with E-state index in [-0.39, 0.29) is 38.0 Å². The number of nitrogens with one attached hydrogen (secondary N) is 1. The minimum Gasteiger partial charge on any atom is -0.356 e. The Hall–Kier alpha value is -2.90. The maximum absolute atomic E-state index is 14.1. The first-order chi connectivity index (χ1) is 19.3.